The van der Waals surface area contributed by atoms with E-state index in [0.29, 0.717) is 17.9 Å². The van der Waals surface area contributed by atoms with Crippen LogP contribution in [0.25, 0.3) is 0 Å². The van der Waals surface area contributed by atoms with Gasteiger partial charge < -0.3 is 21.1 Å². The Hall–Kier alpha value is -2.86. The van der Waals surface area contributed by atoms with Gasteiger partial charge in [-0.1, -0.05) is 30.3 Å². The zero-order valence-corrected chi connectivity index (χ0v) is 13.5. The van der Waals surface area contributed by atoms with Gasteiger partial charge >= 0.3 is 0 Å². The Balaban J connectivity index is 1.76. The summed E-state index contributed by atoms with van der Waals surface area (Å²) in [4.78, 5) is 23.8. The fraction of sp³-hybridized carbons (Fsp3) is 0.222. The number of anilines is 1. The minimum atomic E-state index is -0.693. The lowest BCUT2D eigenvalue weighted by Crippen LogP contribution is -2.44. The van der Waals surface area contributed by atoms with E-state index in [4.69, 9.17) is 10.5 Å². The number of benzene rings is 2. The molecule has 6 heteroatoms. The minimum absolute atomic E-state index is 0.132. The third-order valence-electron chi connectivity index (χ3n) is 3.43. The molecule has 0 radical (unpaired) electrons. The molecule has 0 saturated heterocycles. The Labute approximate surface area is 141 Å². The third-order valence-corrected chi connectivity index (χ3v) is 3.43. The Morgan fingerprint density at radius 3 is 2.38 bits per heavy atom. The van der Waals surface area contributed by atoms with E-state index >= 15 is 0 Å². The lowest BCUT2D eigenvalue weighted by Gasteiger charge is -2.12. The SMILES string of the molecule is COc1ccc(NC(=O)CNC(=O)[C@@H](N)Cc2ccccc2)cc1. The zero-order chi connectivity index (χ0) is 17.4. The molecule has 24 heavy (non-hydrogen) atoms. The lowest BCUT2D eigenvalue weighted by atomic mass is 10.1. The quantitative estimate of drug-likeness (QED) is 0.715. The molecule has 4 N–H and O–H groups in total. The van der Waals surface area contributed by atoms with Crippen LogP contribution < -0.4 is 21.1 Å². The van der Waals surface area contributed by atoms with Crippen molar-refractivity contribution in [3.8, 4) is 5.75 Å². The van der Waals surface area contributed by atoms with Gasteiger partial charge in [-0.25, -0.2) is 0 Å². The van der Waals surface area contributed by atoms with Crippen LogP contribution in [0.1, 0.15) is 5.56 Å². The maximum atomic E-state index is 12.0. The topological polar surface area (TPSA) is 93.5 Å². The van der Waals surface area contributed by atoms with E-state index in [-0.39, 0.29) is 18.4 Å². The van der Waals surface area contributed by atoms with Crippen molar-refractivity contribution in [3.05, 3.63) is 60.2 Å². The molecule has 2 aromatic carbocycles. The van der Waals surface area contributed by atoms with Crippen LogP contribution in [0.2, 0.25) is 0 Å². The average Bonchev–Trinajstić information content (AvgIpc) is 2.61. The second-order valence-electron chi connectivity index (χ2n) is 5.29. The van der Waals surface area contributed by atoms with Crippen LogP contribution in [-0.2, 0) is 16.0 Å². The van der Waals surface area contributed by atoms with Gasteiger partial charge in [0.1, 0.15) is 5.75 Å². The fourth-order valence-corrected chi connectivity index (χ4v) is 2.14. The van der Waals surface area contributed by atoms with E-state index < -0.39 is 6.04 Å². The highest BCUT2D eigenvalue weighted by atomic mass is 16.5. The van der Waals surface area contributed by atoms with Crippen molar-refractivity contribution in [2.24, 2.45) is 5.73 Å². The van der Waals surface area contributed by atoms with Crippen LogP contribution in [-0.4, -0.2) is 31.5 Å². The van der Waals surface area contributed by atoms with Crippen molar-refractivity contribution in [2.75, 3.05) is 19.0 Å². The van der Waals surface area contributed by atoms with Gasteiger partial charge in [0, 0.05) is 5.69 Å². The first-order valence-corrected chi connectivity index (χ1v) is 7.59. The maximum Gasteiger partial charge on any atom is 0.243 e. The first kappa shape index (κ1) is 17.5. The number of hydrogen-bond acceptors (Lipinski definition) is 4. The first-order valence-electron chi connectivity index (χ1n) is 7.59. The first-order chi connectivity index (χ1) is 11.6. The summed E-state index contributed by atoms with van der Waals surface area (Å²) in [7, 11) is 1.57. The molecule has 2 aromatic rings. The summed E-state index contributed by atoms with van der Waals surface area (Å²) >= 11 is 0. The number of carbonyl (C=O) groups excluding carboxylic acids is 2. The van der Waals surface area contributed by atoms with E-state index in [2.05, 4.69) is 10.6 Å². The number of ether oxygens (including phenoxy) is 1. The second kappa shape index (κ2) is 8.69. The van der Waals surface area contributed by atoms with Crippen LogP contribution in [0.3, 0.4) is 0 Å². The standard InChI is InChI=1S/C18H21N3O3/c1-24-15-9-7-14(8-10-15)21-17(22)12-20-18(23)16(19)11-13-5-3-2-4-6-13/h2-10,16H,11-12,19H2,1H3,(H,20,23)(H,21,22)/t16-/m0/s1. The summed E-state index contributed by atoms with van der Waals surface area (Å²) < 4.78 is 5.04. The summed E-state index contributed by atoms with van der Waals surface area (Å²) in [5.41, 5.74) is 7.47. The molecular formula is C18H21N3O3. The average molecular weight is 327 g/mol. The van der Waals surface area contributed by atoms with Crippen molar-refractivity contribution in [1.82, 2.24) is 5.32 Å². The van der Waals surface area contributed by atoms with Gasteiger partial charge in [0.15, 0.2) is 0 Å². The van der Waals surface area contributed by atoms with Crippen LogP contribution in [0, 0.1) is 0 Å². The monoisotopic (exact) mass is 327 g/mol. The van der Waals surface area contributed by atoms with Crippen LogP contribution >= 0.6 is 0 Å². The van der Waals surface area contributed by atoms with Crippen LogP contribution in [0.5, 0.6) is 5.75 Å². The highest BCUT2D eigenvalue weighted by Gasteiger charge is 2.15. The molecule has 0 bridgehead atoms. The predicted octanol–water partition coefficient (Wildman–Crippen LogP) is 1.32. The molecular weight excluding hydrogens is 306 g/mol. The number of nitrogens with one attached hydrogen (secondary N) is 2. The van der Waals surface area contributed by atoms with Crippen molar-refractivity contribution in [1.29, 1.82) is 0 Å². The molecule has 0 saturated carbocycles. The Morgan fingerprint density at radius 1 is 1.08 bits per heavy atom. The van der Waals surface area contributed by atoms with E-state index in [1.165, 1.54) is 0 Å². The molecule has 0 aromatic heterocycles. The van der Waals surface area contributed by atoms with Gasteiger partial charge in [0.2, 0.25) is 11.8 Å². The smallest absolute Gasteiger partial charge is 0.243 e. The van der Waals surface area contributed by atoms with Gasteiger partial charge in [0.25, 0.3) is 0 Å². The van der Waals surface area contributed by atoms with Crippen molar-refractivity contribution in [3.63, 3.8) is 0 Å². The number of carbonyl (C=O) groups is 2. The van der Waals surface area contributed by atoms with E-state index in [9.17, 15) is 9.59 Å². The van der Waals surface area contributed by atoms with E-state index in [0.717, 1.165) is 5.56 Å². The molecule has 0 aliphatic carbocycles. The molecule has 126 valence electrons. The number of hydrogen-bond donors (Lipinski definition) is 3. The normalized spacial score (nSPS) is 11.4. The van der Waals surface area contributed by atoms with Crippen LogP contribution in [0.15, 0.2) is 54.6 Å². The van der Waals surface area contributed by atoms with Gasteiger partial charge in [-0.15, -0.1) is 0 Å². The highest BCUT2D eigenvalue weighted by molar-refractivity contribution is 5.95. The third kappa shape index (κ3) is 5.40. The Kier molecular flexibility index (Phi) is 6.33. The molecule has 1 atom stereocenters. The summed E-state index contributed by atoms with van der Waals surface area (Å²) in [5, 5.41) is 5.23. The Bertz CT molecular complexity index is 672. The number of amides is 2. The molecule has 0 heterocycles. The van der Waals surface area contributed by atoms with Gasteiger partial charge in [-0.3, -0.25) is 9.59 Å². The molecule has 0 fully saturated rings. The van der Waals surface area contributed by atoms with E-state index in [1.54, 1.807) is 31.4 Å². The molecule has 6 nitrogen and oxygen atoms in total. The molecule has 2 amide bonds. The van der Waals surface area contributed by atoms with Crippen molar-refractivity contribution < 1.29 is 14.3 Å². The molecule has 0 spiro atoms. The molecule has 0 aliphatic heterocycles. The molecule has 0 aliphatic rings. The summed E-state index contributed by atoms with van der Waals surface area (Å²) in [6, 6.07) is 15.7. The van der Waals surface area contributed by atoms with Gasteiger partial charge in [-0.2, -0.15) is 0 Å². The highest BCUT2D eigenvalue weighted by Crippen LogP contribution is 2.14. The zero-order valence-electron chi connectivity index (χ0n) is 13.5. The number of methoxy groups -OCH3 is 1. The van der Waals surface area contributed by atoms with E-state index in [1.807, 2.05) is 30.3 Å². The van der Waals surface area contributed by atoms with Gasteiger partial charge in [-0.05, 0) is 36.2 Å². The number of nitrogens with two attached hydrogens (primary N) is 1. The summed E-state index contributed by atoms with van der Waals surface area (Å²) in [5.74, 6) is 0.0253. The van der Waals surface area contributed by atoms with Crippen LogP contribution in [0.4, 0.5) is 5.69 Å². The molecule has 2 rings (SSSR count). The largest absolute Gasteiger partial charge is 0.497 e. The summed E-state index contributed by atoms with van der Waals surface area (Å²) in [6.07, 6.45) is 0.423. The summed E-state index contributed by atoms with van der Waals surface area (Å²) in [6.45, 7) is -0.132. The lowest BCUT2D eigenvalue weighted by molar-refractivity contribution is -0.125. The fourth-order valence-electron chi connectivity index (χ4n) is 2.14. The second-order valence-corrected chi connectivity index (χ2v) is 5.29. The Morgan fingerprint density at radius 2 is 1.75 bits per heavy atom. The maximum absolute atomic E-state index is 12.0. The van der Waals surface area contributed by atoms with Gasteiger partial charge in [0.05, 0.1) is 19.7 Å². The number of rotatable bonds is 7. The molecule has 0 unspecified atom stereocenters. The predicted molar refractivity (Wildman–Crippen MR) is 92.8 cm³/mol. The van der Waals surface area contributed by atoms with Crippen molar-refractivity contribution >= 4 is 17.5 Å². The minimum Gasteiger partial charge on any atom is -0.497 e. The van der Waals surface area contributed by atoms with Crippen molar-refractivity contribution in [2.45, 2.75) is 12.5 Å².